The molecule has 9 atom stereocenters. The molecule has 0 radical (unpaired) electrons. The van der Waals surface area contributed by atoms with Gasteiger partial charge in [-0.15, -0.1) is 0 Å². The van der Waals surface area contributed by atoms with E-state index >= 15 is 0 Å². The lowest BCUT2D eigenvalue weighted by Gasteiger charge is -2.30. The van der Waals surface area contributed by atoms with Crippen LogP contribution in [0.1, 0.15) is 39.8 Å². The number of nitrogens with zero attached hydrogens (tertiary/aromatic N) is 4. The molecule has 1 fully saturated rings. The summed E-state index contributed by atoms with van der Waals surface area (Å²) in [6.45, 7) is 1.52. The van der Waals surface area contributed by atoms with Crippen LogP contribution in [0.5, 0.6) is 0 Å². The van der Waals surface area contributed by atoms with Gasteiger partial charge in [-0.1, -0.05) is 32.5 Å². The minimum atomic E-state index is -5.60. The summed E-state index contributed by atoms with van der Waals surface area (Å²) in [7, 11) is -16.5. The van der Waals surface area contributed by atoms with Crippen LogP contribution in [0.25, 0.3) is 11.2 Å². The second kappa shape index (κ2) is 20.5. The predicted octanol–water partition coefficient (Wildman–Crippen LogP) is -1.86. The number of nitrogens with one attached hydrogen (secondary N) is 2. The van der Waals surface area contributed by atoms with Gasteiger partial charge in [0.15, 0.2) is 28.9 Å². The number of thioether (sulfide) groups is 1. The van der Waals surface area contributed by atoms with Crippen molar-refractivity contribution in [1.29, 1.82) is 0 Å². The van der Waals surface area contributed by atoms with Gasteiger partial charge in [-0.2, -0.15) is 4.31 Å². The summed E-state index contributed by atoms with van der Waals surface area (Å²) in [4.78, 5) is 98.2. The molecule has 2 aromatic rings. The van der Waals surface area contributed by atoms with Crippen molar-refractivity contribution in [3.8, 4) is 0 Å². The lowest BCUT2D eigenvalue weighted by molar-refractivity contribution is -0.149. The molecule has 31 heteroatoms. The standard InChI is InChI=1S/C27H44N7O20P3S/c1-13(18(37)26(41)42)8-16(36)58-7-6-29-15(35)4-5-30-24(40)21(39)27(2,3)10-51-57(48,49)54-56(46,47)50-9-14-20(53-55(43,44)45)19(38)25(52-14)34-12-33-17-22(28)31-11-32-23(17)34/h11-14,18-21,25,37-39H,4-10H2,1-3H3,(H,29,35)(H,30,40)(H,41,42)(H,46,47)(H,48,49)(H2,28,31,32)(H2,43,44,45)/t13?,14-,18?,19-,20-,21+,25-/m1/s1. The fourth-order valence-corrected chi connectivity index (χ4v) is 8.61. The van der Waals surface area contributed by atoms with Crippen LogP contribution >= 0.6 is 35.2 Å². The van der Waals surface area contributed by atoms with Crippen LogP contribution in [-0.2, 0) is 55.5 Å². The first kappa shape index (κ1) is 49.4. The summed E-state index contributed by atoms with van der Waals surface area (Å²) in [5.41, 5.74) is 4.18. The van der Waals surface area contributed by atoms with Crippen LogP contribution in [0.15, 0.2) is 12.7 Å². The molecule has 3 rings (SSSR count). The number of nitrogen functional groups attached to an aromatic ring is 1. The fourth-order valence-electron chi connectivity index (χ4n) is 4.97. The second-order valence-electron chi connectivity index (χ2n) is 13.3. The first-order chi connectivity index (χ1) is 26.7. The molecule has 0 aromatic carbocycles. The summed E-state index contributed by atoms with van der Waals surface area (Å²) in [6, 6.07) is 0. The highest BCUT2D eigenvalue weighted by Crippen LogP contribution is 2.61. The number of imidazole rings is 1. The van der Waals surface area contributed by atoms with Gasteiger partial charge in [0.25, 0.3) is 0 Å². The Morgan fingerprint density at radius 3 is 2.33 bits per heavy atom. The van der Waals surface area contributed by atoms with Gasteiger partial charge in [-0.3, -0.25) is 32.5 Å². The van der Waals surface area contributed by atoms with Crippen molar-refractivity contribution in [1.82, 2.24) is 30.2 Å². The molecule has 58 heavy (non-hydrogen) atoms. The number of carbonyl (C=O) groups is 4. The Bertz CT molecular complexity index is 1930. The SMILES string of the molecule is CC(CC(=O)SCCNC(=O)CCNC(=O)[C@H](O)C(C)(C)COP(=O)(O)OP(=O)(O)OC[C@H]1O[C@@H](n2cnc3c(N)ncnc32)[C@H](O)[C@@H]1OP(=O)(O)O)C(O)C(=O)O. The zero-order valence-corrected chi connectivity index (χ0v) is 34.2. The molecule has 0 spiro atoms. The Morgan fingerprint density at radius 1 is 1.03 bits per heavy atom. The Hall–Kier alpha value is -3.01. The largest absolute Gasteiger partial charge is 0.481 e. The van der Waals surface area contributed by atoms with Gasteiger partial charge >= 0.3 is 29.4 Å². The highest BCUT2D eigenvalue weighted by molar-refractivity contribution is 8.13. The number of hydrogen-bond acceptors (Lipinski definition) is 20. The van der Waals surface area contributed by atoms with Crippen LogP contribution in [0.3, 0.4) is 0 Å². The molecule has 0 saturated carbocycles. The molecule has 12 N–H and O–H groups in total. The van der Waals surface area contributed by atoms with Crippen LogP contribution in [0.4, 0.5) is 5.82 Å². The van der Waals surface area contributed by atoms with Gasteiger partial charge in [0.1, 0.15) is 36.3 Å². The number of phosphoric acid groups is 3. The molecule has 0 bridgehead atoms. The first-order valence-corrected chi connectivity index (χ1v) is 22.2. The van der Waals surface area contributed by atoms with E-state index < -0.39 is 103 Å². The molecule has 328 valence electrons. The lowest BCUT2D eigenvalue weighted by Crippen LogP contribution is -2.46. The fraction of sp³-hybridized carbons (Fsp3) is 0.667. The zero-order valence-electron chi connectivity index (χ0n) is 30.7. The van der Waals surface area contributed by atoms with E-state index in [1.807, 2.05) is 0 Å². The number of amides is 2. The lowest BCUT2D eigenvalue weighted by atomic mass is 9.87. The summed E-state index contributed by atoms with van der Waals surface area (Å²) in [5, 5.41) is 44.0. The van der Waals surface area contributed by atoms with E-state index in [4.69, 9.17) is 24.6 Å². The number of carbonyl (C=O) groups excluding carboxylic acids is 3. The van der Waals surface area contributed by atoms with E-state index in [0.29, 0.717) is 0 Å². The maximum Gasteiger partial charge on any atom is 0.481 e. The molecule has 2 amide bonds. The van der Waals surface area contributed by atoms with E-state index in [9.17, 15) is 67.8 Å². The maximum atomic E-state index is 12.7. The van der Waals surface area contributed by atoms with Crippen LogP contribution in [0.2, 0.25) is 0 Å². The first-order valence-electron chi connectivity index (χ1n) is 16.7. The third kappa shape index (κ3) is 14.6. The number of anilines is 1. The summed E-state index contributed by atoms with van der Waals surface area (Å²) >= 11 is 0.824. The number of rotatable bonds is 23. The number of aromatic nitrogens is 4. The van der Waals surface area contributed by atoms with Crippen molar-refractivity contribution in [2.24, 2.45) is 11.3 Å². The van der Waals surface area contributed by atoms with Crippen molar-refractivity contribution < 1.29 is 95.5 Å². The highest BCUT2D eigenvalue weighted by atomic mass is 32.2. The number of aliphatic hydroxyl groups excluding tert-OH is 3. The monoisotopic (exact) mass is 911 g/mol. The summed E-state index contributed by atoms with van der Waals surface area (Å²) in [5.74, 6) is -3.75. The number of aliphatic carboxylic acids is 1. The summed E-state index contributed by atoms with van der Waals surface area (Å²) < 4.78 is 62.0. The molecule has 2 aromatic heterocycles. The molecule has 4 unspecified atom stereocenters. The van der Waals surface area contributed by atoms with Gasteiger partial charge in [-0.25, -0.2) is 33.4 Å². The Labute approximate surface area is 332 Å². The van der Waals surface area contributed by atoms with Crippen LogP contribution in [-0.4, -0.2) is 145 Å². The van der Waals surface area contributed by atoms with E-state index in [-0.39, 0.29) is 53.8 Å². The highest BCUT2D eigenvalue weighted by Gasteiger charge is 2.50. The topological polar surface area (TPSA) is 421 Å². The maximum absolute atomic E-state index is 12.7. The van der Waals surface area contributed by atoms with Crippen LogP contribution in [0, 0.1) is 11.3 Å². The quantitative estimate of drug-likeness (QED) is 0.0430. The molecular formula is C27H44N7O20P3S. The third-order valence-electron chi connectivity index (χ3n) is 8.05. The van der Waals surface area contributed by atoms with Crippen molar-refractivity contribution in [2.75, 3.05) is 37.8 Å². The van der Waals surface area contributed by atoms with E-state index in [2.05, 4.69) is 34.4 Å². The second-order valence-corrected chi connectivity index (χ2v) is 18.6. The number of nitrogens with two attached hydrogens (primary N) is 1. The Balaban J connectivity index is 1.46. The number of fused-ring (bicyclic) bond motifs is 1. The minimum absolute atomic E-state index is 0.0153. The van der Waals surface area contributed by atoms with Crippen molar-refractivity contribution in [3.05, 3.63) is 12.7 Å². The number of phosphoric ester groups is 3. The number of aliphatic hydroxyl groups is 3. The average molecular weight is 912 g/mol. The minimum Gasteiger partial charge on any atom is -0.479 e. The van der Waals surface area contributed by atoms with Gasteiger partial charge in [0.05, 0.1) is 19.5 Å². The Kier molecular flexibility index (Phi) is 17.4. The third-order valence-corrected chi connectivity index (χ3v) is 12.0. The number of hydrogen-bond donors (Lipinski definition) is 11. The number of carboxylic acids is 1. The molecule has 3 heterocycles. The zero-order chi connectivity index (χ0) is 43.8. The molecule has 1 aliphatic rings. The molecule has 1 saturated heterocycles. The van der Waals surface area contributed by atoms with Gasteiger partial charge < -0.3 is 61.1 Å². The molecule has 0 aliphatic carbocycles. The van der Waals surface area contributed by atoms with Crippen molar-refractivity contribution in [3.63, 3.8) is 0 Å². The van der Waals surface area contributed by atoms with E-state index in [1.54, 1.807) is 0 Å². The average Bonchev–Trinajstić information content (AvgIpc) is 3.67. The molecular weight excluding hydrogens is 867 g/mol. The summed E-state index contributed by atoms with van der Waals surface area (Å²) in [6.07, 6.45) is -9.06. The molecule has 27 nitrogen and oxygen atoms in total. The number of ether oxygens (including phenoxy) is 1. The van der Waals surface area contributed by atoms with Gasteiger partial charge in [0.2, 0.25) is 11.8 Å². The van der Waals surface area contributed by atoms with Crippen molar-refractivity contribution in [2.45, 2.75) is 70.4 Å². The van der Waals surface area contributed by atoms with E-state index in [0.717, 1.165) is 29.0 Å². The van der Waals surface area contributed by atoms with Crippen molar-refractivity contribution >= 4 is 75.1 Å². The van der Waals surface area contributed by atoms with Gasteiger partial charge in [0, 0.05) is 43.0 Å². The van der Waals surface area contributed by atoms with E-state index in [1.165, 1.54) is 20.8 Å². The Morgan fingerprint density at radius 2 is 1.69 bits per heavy atom. The predicted molar refractivity (Wildman–Crippen MR) is 195 cm³/mol. The van der Waals surface area contributed by atoms with Gasteiger partial charge in [-0.05, 0) is 0 Å². The normalized spacial score (nSPS) is 22.4. The number of carboxylic acid groups (broad SMARTS) is 1. The van der Waals surface area contributed by atoms with Crippen LogP contribution < -0.4 is 16.4 Å². The smallest absolute Gasteiger partial charge is 0.479 e. The molecule has 1 aliphatic heterocycles.